The highest BCUT2D eigenvalue weighted by Crippen LogP contribution is 2.33. The van der Waals surface area contributed by atoms with Crippen LogP contribution in [-0.2, 0) is 6.54 Å². The lowest BCUT2D eigenvalue weighted by Crippen LogP contribution is -2.31. The zero-order chi connectivity index (χ0) is 28.1. The van der Waals surface area contributed by atoms with Crippen LogP contribution in [0.15, 0.2) is 76.5 Å². The molecular formula is C31H36N6O2S. The Kier molecular flexibility index (Phi) is 8.81. The average molecular weight is 557 g/mol. The molecule has 1 aliphatic rings. The first-order valence-electron chi connectivity index (χ1n) is 13.8. The molecule has 9 heteroatoms. The molecule has 1 saturated carbocycles. The van der Waals surface area contributed by atoms with Crippen LogP contribution >= 0.6 is 11.8 Å². The van der Waals surface area contributed by atoms with Crippen molar-refractivity contribution in [1.82, 2.24) is 15.3 Å². The first kappa shape index (κ1) is 27.9. The van der Waals surface area contributed by atoms with Crippen molar-refractivity contribution >= 4 is 40.1 Å². The maximum Gasteiger partial charge on any atom is 0.269 e. The van der Waals surface area contributed by atoms with Crippen molar-refractivity contribution in [3.05, 3.63) is 88.0 Å². The number of aromatic nitrogens is 2. The van der Waals surface area contributed by atoms with Gasteiger partial charge < -0.3 is 15.5 Å². The molecule has 1 fully saturated rings. The number of aryl methyl sites for hydroxylation is 1. The van der Waals surface area contributed by atoms with E-state index in [1.165, 1.54) is 5.56 Å². The van der Waals surface area contributed by atoms with Crippen LogP contribution in [0.1, 0.15) is 36.8 Å². The number of nitro benzene ring substituents is 1. The summed E-state index contributed by atoms with van der Waals surface area (Å²) in [5, 5.41) is 19.6. The highest BCUT2D eigenvalue weighted by molar-refractivity contribution is 7.99. The SMILES string of the molecule is Cc1ccc(Sc2ccc([N+](=O)[O-])cc2CNC[C@H]2CC[C@@H](Nc3nc(N(C)C)c4ccccc4n3)CC2)cc1. The van der Waals surface area contributed by atoms with Crippen LogP contribution in [0.5, 0.6) is 0 Å². The van der Waals surface area contributed by atoms with E-state index in [1.807, 2.05) is 43.3 Å². The number of anilines is 2. The first-order valence-corrected chi connectivity index (χ1v) is 14.6. The van der Waals surface area contributed by atoms with Gasteiger partial charge in [0.25, 0.3) is 5.69 Å². The summed E-state index contributed by atoms with van der Waals surface area (Å²) in [6.07, 6.45) is 4.34. The van der Waals surface area contributed by atoms with Gasteiger partial charge in [-0.25, -0.2) is 4.98 Å². The number of hydrogen-bond acceptors (Lipinski definition) is 8. The Morgan fingerprint density at radius 2 is 1.75 bits per heavy atom. The van der Waals surface area contributed by atoms with Gasteiger partial charge >= 0.3 is 0 Å². The van der Waals surface area contributed by atoms with Gasteiger partial charge in [-0.1, -0.05) is 41.6 Å². The molecule has 1 aromatic heterocycles. The van der Waals surface area contributed by atoms with Gasteiger partial charge in [0.05, 0.1) is 10.4 Å². The third kappa shape index (κ3) is 6.89. The van der Waals surface area contributed by atoms with E-state index >= 15 is 0 Å². The quantitative estimate of drug-likeness (QED) is 0.162. The van der Waals surface area contributed by atoms with E-state index in [0.717, 1.165) is 64.3 Å². The van der Waals surface area contributed by atoms with Crippen LogP contribution in [0.3, 0.4) is 0 Å². The molecule has 0 bridgehead atoms. The lowest BCUT2D eigenvalue weighted by atomic mass is 9.86. The summed E-state index contributed by atoms with van der Waals surface area (Å²) in [4.78, 5) is 24.9. The minimum absolute atomic E-state index is 0.130. The number of nitrogens with zero attached hydrogens (tertiary/aromatic N) is 4. The summed E-state index contributed by atoms with van der Waals surface area (Å²) >= 11 is 1.65. The van der Waals surface area contributed by atoms with Crippen LogP contribution < -0.4 is 15.5 Å². The molecule has 0 atom stereocenters. The normalized spacial score (nSPS) is 17.1. The van der Waals surface area contributed by atoms with E-state index in [-0.39, 0.29) is 10.6 Å². The molecule has 0 unspecified atom stereocenters. The van der Waals surface area contributed by atoms with Crippen molar-refractivity contribution < 1.29 is 4.92 Å². The maximum absolute atomic E-state index is 11.4. The van der Waals surface area contributed by atoms with Crippen LogP contribution in [0, 0.1) is 23.0 Å². The highest BCUT2D eigenvalue weighted by Gasteiger charge is 2.22. The van der Waals surface area contributed by atoms with E-state index < -0.39 is 0 Å². The molecule has 3 aromatic carbocycles. The van der Waals surface area contributed by atoms with E-state index in [4.69, 9.17) is 9.97 Å². The van der Waals surface area contributed by atoms with Gasteiger partial charge in [-0.05, 0) is 81.0 Å². The van der Waals surface area contributed by atoms with Crippen molar-refractivity contribution in [1.29, 1.82) is 0 Å². The Bertz CT molecular complexity index is 1470. The number of para-hydroxylation sites is 1. The van der Waals surface area contributed by atoms with E-state index in [9.17, 15) is 10.1 Å². The van der Waals surface area contributed by atoms with Gasteiger partial charge in [0.1, 0.15) is 5.82 Å². The predicted octanol–water partition coefficient (Wildman–Crippen LogP) is 6.82. The van der Waals surface area contributed by atoms with Gasteiger partial charge in [-0.2, -0.15) is 4.98 Å². The zero-order valence-electron chi connectivity index (χ0n) is 23.3. The number of rotatable bonds is 10. The zero-order valence-corrected chi connectivity index (χ0v) is 24.1. The van der Waals surface area contributed by atoms with E-state index in [2.05, 4.69) is 47.9 Å². The topological polar surface area (TPSA) is 96.2 Å². The number of nitrogens with one attached hydrogen (secondary N) is 2. The Morgan fingerprint density at radius 3 is 2.48 bits per heavy atom. The predicted molar refractivity (Wildman–Crippen MR) is 163 cm³/mol. The minimum Gasteiger partial charge on any atom is -0.362 e. The molecule has 8 nitrogen and oxygen atoms in total. The fraction of sp³-hybridized carbons (Fsp3) is 0.355. The van der Waals surface area contributed by atoms with E-state index in [0.29, 0.717) is 24.5 Å². The second-order valence-corrected chi connectivity index (χ2v) is 11.9. The number of hydrogen-bond donors (Lipinski definition) is 2. The monoisotopic (exact) mass is 556 g/mol. The smallest absolute Gasteiger partial charge is 0.269 e. The summed E-state index contributed by atoms with van der Waals surface area (Å²) in [6.45, 7) is 3.56. The molecule has 208 valence electrons. The van der Waals surface area contributed by atoms with Crippen molar-refractivity contribution in [3.63, 3.8) is 0 Å². The summed E-state index contributed by atoms with van der Waals surface area (Å²) in [5.74, 6) is 2.18. The molecule has 4 aromatic rings. The molecule has 0 aliphatic heterocycles. The molecule has 2 N–H and O–H groups in total. The summed E-state index contributed by atoms with van der Waals surface area (Å²) < 4.78 is 0. The number of benzene rings is 3. The van der Waals surface area contributed by atoms with Crippen LogP contribution in [0.25, 0.3) is 10.9 Å². The Morgan fingerprint density at radius 1 is 1.00 bits per heavy atom. The average Bonchev–Trinajstić information content (AvgIpc) is 2.95. The summed E-state index contributed by atoms with van der Waals surface area (Å²) in [5.41, 5.74) is 3.25. The van der Waals surface area contributed by atoms with Crippen LogP contribution in [0.2, 0.25) is 0 Å². The molecule has 0 saturated heterocycles. The molecular weight excluding hydrogens is 520 g/mol. The summed E-state index contributed by atoms with van der Waals surface area (Å²) in [6, 6.07) is 22.0. The molecule has 0 spiro atoms. The van der Waals surface area contributed by atoms with Crippen LogP contribution in [-0.4, -0.2) is 41.6 Å². The van der Waals surface area contributed by atoms with Crippen molar-refractivity contribution in [2.45, 2.75) is 55.0 Å². The number of fused-ring (bicyclic) bond motifs is 1. The Balaban J connectivity index is 1.16. The maximum atomic E-state index is 11.4. The van der Waals surface area contributed by atoms with Crippen molar-refractivity contribution in [2.24, 2.45) is 5.92 Å². The molecule has 0 amide bonds. The molecule has 40 heavy (non-hydrogen) atoms. The standard InChI is InChI=1S/C31H36N6O2S/c1-21-8-15-26(16-9-21)40-29-17-14-25(37(38)39)18-23(29)20-32-19-22-10-12-24(13-11-22)33-31-34-28-7-5-4-6-27(28)30(35-31)36(2)3/h4-9,14-18,22,24,32H,10-13,19-20H2,1-3H3,(H,33,34,35)/t22-,24+. The molecule has 1 aliphatic carbocycles. The van der Waals surface area contributed by atoms with Gasteiger partial charge in [0, 0.05) is 54.0 Å². The minimum atomic E-state index is -0.321. The van der Waals surface area contributed by atoms with Crippen molar-refractivity contribution in [2.75, 3.05) is 30.9 Å². The van der Waals surface area contributed by atoms with E-state index in [1.54, 1.807) is 23.9 Å². The molecule has 0 radical (unpaired) electrons. The Hall–Kier alpha value is -3.69. The van der Waals surface area contributed by atoms with Gasteiger partial charge in [0.2, 0.25) is 5.95 Å². The lowest BCUT2D eigenvalue weighted by molar-refractivity contribution is -0.385. The van der Waals surface area contributed by atoms with Crippen molar-refractivity contribution in [3.8, 4) is 0 Å². The fourth-order valence-electron chi connectivity index (χ4n) is 5.22. The second-order valence-electron chi connectivity index (χ2n) is 10.7. The number of nitro groups is 1. The van der Waals surface area contributed by atoms with Gasteiger partial charge in [0.15, 0.2) is 0 Å². The Labute approximate surface area is 239 Å². The second kappa shape index (κ2) is 12.7. The largest absolute Gasteiger partial charge is 0.362 e. The third-order valence-electron chi connectivity index (χ3n) is 7.44. The summed E-state index contributed by atoms with van der Waals surface area (Å²) in [7, 11) is 4.02. The molecule has 1 heterocycles. The third-order valence-corrected chi connectivity index (χ3v) is 8.56. The number of non-ortho nitro benzene ring substituents is 1. The lowest BCUT2D eigenvalue weighted by Gasteiger charge is -2.29. The van der Waals surface area contributed by atoms with Crippen LogP contribution in [0.4, 0.5) is 17.5 Å². The van der Waals surface area contributed by atoms with Gasteiger partial charge in [-0.15, -0.1) is 0 Å². The highest BCUT2D eigenvalue weighted by atomic mass is 32.2. The molecule has 5 rings (SSSR count). The fourth-order valence-corrected chi connectivity index (χ4v) is 6.14. The van der Waals surface area contributed by atoms with Gasteiger partial charge in [-0.3, -0.25) is 10.1 Å². The first-order chi connectivity index (χ1) is 19.4.